The van der Waals surface area contributed by atoms with Crippen LogP contribution in [0.5, 0.6) is 0 Å². The fourth-order valence-corrected chi connectivity index (χ4v) is 2.33. The number of nitrogens with zero attached hydrogens (tertiary/aromatic N) is 1. The van der Waals surface area contributed by atoms with E-state index in [4.69, 9.17) is 0 Å². The Bertz CT molecular complexity index is 453. The van der Waals surface area contributed by atoms with E-state index < -0.39 is 0 Å². The maximum absolute atomic E-state index is 2.23. The van der Waals surface area contributed by atoms with E-state index in [1.165, 1.54) is 16.9 Å². The van der Waals surface area contributed by atoms with E-state index in [1.54, 1.807) is 11.9 Å². The molecule has 0 atom stereocenters. The molecule has 2 heteroatoms. The second-order valence-electron chi connectivity index (χ2n) is 3.65. The van der Waals surface area contributed by atoms with E-state index in [0.717, 1.165) is 0 Å². The predicted molar refractivity (Wildman–Crippen MR) is 73.3 cm³/mol. The first kappa shape index (κ1) is 11.1. The molecule has 0 radical (unpaired) electrons. The highest BCUT2D eigenvalue weighted by atomic mass is 32.2. The van der Waals surface area contributed by atoms with Crippen LogP contribution in [0.3, 0.4) is 0 Å². The molecule has 0 aliphatic heterocycles. The van der Waals surface area contributed by atoms with Gasteiger partial charge in [-0.3, -0.25) is 4.31 Å². The third kappa shape index (κ3) is 2.39. The summed E-state index contributed by atoms with van der Waals surface area (Å²) >= 11 is 1.72. The zero-order chi connectivity index (χ0) is 11.4. The predicted octanol–water partition coefficient (Wildman–Crippen LogP) is 4.41. The van der Waals surface area contributed by atoms with Gasteiger partial charge in [-0.15, -0.1) is 0 Å². The van der Waals surface area contributed by atoms with Crippen LogP contribution in [0.1, 0.15) is 5.56 Å². The van der Waals surface area contributed by atoms with Crippen molar-refractivity contribution in [2.24, 2.45) is 0 Å². The van der Waals surface area contributed by atoms with Crippen molar-refractivity contribution >= 4 is 23.3 Å². The van der Waals surface area contributed by atoms with Crippen LogP contribution >= 0.6 is 11.9 Å². The highest BCUT2D eigenvalue weighted by Gasteiger charge is 2.06. The highest BCUT2D eigenvalue weighted by Crippen LogP contribution is 2.31. The Hall–Kier alpha value is -1.41. The second kappa shape index (κ2) is 5.08. The number of benzene rings is 2. The molecule has 82 valence electrons. The Morgan fingerprint density at radius 3 is 2.19 bits per heavy atom. The van der Waals surface area contributed by atoms with E-state index in [2.05, 4.69) is 66.0 Å². The molecule has 0 N–H and O–H groups in total. The fraction of sp³-hybridized carbons (Fsp3) is 0.143. The summed E-state index contributed by atoms with van der Waals surface area (Å²) in [6.45, 7) is 2.12. The Labute approximate surface area is 101 Å². The molecular weight excluding hydrogens is 214 g/mol. The first-order valence-electron chi connectivity index (χ1n) is 5.27. The molecular formula is C14H15NS. The van der Waals surface area contributed by atoms with Gasteiger partial charge in [0.25, 0.3) is 0 Å². The molecule has 2 rings (SSSR count). The second-order valence-corrected chi connectivity index (χ2v) is 4.38. The number of hydrogen-bond acceptors (Lipinski definition) is 2. The normalized spacial score (nSPS) is 10.1. The van der Waals surface area contributed by atoms with Gasteiger partial charge in [0.2, 0.25) is 0 Å². The Morgan fingerprint density at radius 1 is 0.875 bits per heavy atom. The summed E-state index contributed by atoms with van der Waals surface area (Å²) < 4.78 is 2.23. The fourth-order valence-electron chi connectivity index (χ4n) is 1.68. The monoisotopic (exact) mass is 229 g/mol. The van der Waals surface area contributed by atoms with Gasteiger partial charge in [0, 0.05) is 6.26 Å². The Morgan fingerprint density at radius 2 is 1.56 bits per heavy atom. The minimum absolute atomic E-state index is 1.21. The number of anilines is 2. The molecule has 0 aromatic heterocycles. The van der Waals surface area contributed by atoms with Gasteiger partial charge in [-0.25, -0.2) is 0 Å². The van der Waals surface area contributed by atoms with Crippen molar-refractivity contribution in [2.75, 3.05) is 10.6 Å². The van der Waals surface area contributed by atoms with Crippen LogP contribution in [0.15, 0.2) is 54.6 Å². The van der Waals surface area contributed by atoms with Crippen molar-refractivity contribution in [3.63, 3.8) is 0 Å². The number of rotatable bonds is 3. The lowest BCUT2D eigenvalue weighted by Gasteiger charge is -2.21. The van der Waals surface area contributed by atoms with Crippen molar-refractivity contribution in [2.45, 2.75) is 6.92 Å². The topological polar surface area (TPSA) is 3.24 Å². The quantitative estimate of drug-likeness (QED) is 0.717. The lowest BCUT2D eigenvalue weighted by Crippen LogP contribution is -2.05. The van der Waals surface area contributed by atoms with Crippen molar-refractivity contribution in [3.05, 3.63) is 60.2 Å². The van der Waals surface area contributed by atoms with Crippen molar-refractivity contribution in [3.8, 4) is 0 Å². The molecule has 0 aliphatic rings. The van der Waals surface area contributed by atoms with E-state index in [0.29, 0.717) is 0 Å². The summed E-state index contributed by atoms with van der Waals surface area (Å²) in [6, 6.07) is 19.0. The van der Waals surface area contributed by atoms with E-state index >= 15 is 0 Å². The first-order valence-corrected chi connectivity index (χ1v) is 6.45. The zero-order valence-electron chi connectivity index (χ0n) is 9.55. The summed E-state index contributed by atoms with van der Waals surface area (Å²) in [6.07, 6.45) is 2.09. The molecule has 0 unspecified atom stereocenters. The van der Waals surface area contributed by atoms with Crippen LogP contribution in [0.2, 0.25) is 0 Å². The minimum atomic E-state index is 1.21. The van der Waals surface area contributed by atoms with Crippen LogP contribution in [-0.4, -0.2) is 6.26 Å². The zero-order valence-corrected chi connectivity index (χ0v) is 10.4. The lowest BCUT2D eigenvalue weighted by atomic mass is 10.2. The molecule has 2 aromatic rings. The average Bonchev–Trinajstić information content (AvgIpc) is 2.31. The van der Waals surface area contributed by atoms with Gasteiger partial charge in [-0.2, -0.15) is 0 Å². The molecule has 1 nitrogen and oxygen atoms in total. The van der Waals surface area contributed by atoms with Crippen LogP contribution in [0.25, 0.3) is 0 Å². The number of hydrogen-bond donors (Lipinski definition) is 0. The minimum Gasteiger partial charge on any atom is -0.285 e. The number of aryl methyl sites for hydroxylation is 1. The smallest absolute Gasteiger partial charge is 0.0527 e. The third-order valence-electron chi connectivity index (χ3n) is 2.41. The van der Waals surface area contributed by atoms with E-state index in [9.17, 15) is 0 Å². The van der Waals surface area contributed by atoms with Gasteiger partial charge in [0.1, 0.15) is 0 Å². The maximum Gasteiger partial charge on any atom is 0.0527 e. The third-order valence-corrected chi connectivity index (χ3v) is 3.20. The van der Waals surface area contributed by atoms with E-state index in [-0.39, 0.29) is 0 Å². The summed E-state index contributed by atoms with van der Waals surface area (Å²) in [7, 11) is 0. The lowest BCUT2D eigenvalue weighted by molar-refractivity contribution is 1.39. The molecule has 0 bridgehead atoms. The largest absolute Gasteiger partial charge is 0.285 e. The molecule has 0 saturated carbocycles. The molecule has 0 aliphatic carbocycles. The summed E-state index contributed by atoms with van der Waals surface area (Å²) in [4.78, 5) is 0. The van der Waals surface area contributed by atoms with E-state index in [1.807, 2.05) is 6.07 Å². The Balaban J connectivity index is 2.37. The van der Waals surface area contributed by atoms with Gasteiger partial charge in [-0.1, -0.05) is 30.3 Å². The Kier molecular flexibility index (Phi) is 3.52. The van der Waals surface area contributed by atoms with Gasteiger partial charge in [0.05, 0.1) is 11.4 Å². The first-order chi connectivity index (χ1) is 7.81. The van der Waals surface area contributed by atoms with Gasteiger partial charge < -0.3 is 0 Å². The summed E-state index contributed by atoms with van der Waals surface area (Å²) in [5.74, 6) is 0. The van der Waals surface area contributed by atoms with Crippen molar-refractivity contribution < 1.29 is 0 Å². The molecule has 0 spiro atoms. The van der Waals surface area contributed by atoms with Crippen LogP contribution in [0.4, 0.5) is 11.4 Å². The molecule has 0 heterocycles. The summed E-state index contributed by atoms with van der Waals surface area (Å²) in [5.41, 5.74) is 3.71. The highest BCUT2D eigenvalue weighted by molar-refractivity contribution is 8.00. The molecule has 0 saturated heterocycles. The molecule has 0 fully saturated rings. The van der Waals surface area contributed by atoms with Gasteiger partial charge in [-0.05, 0) is 48.7 Å². The molecule has 0 amide bonds. The maximum atomic E-state index is 2.23. The summed E-state index contributed by atoms with van der Waals surface area (Å²) in [5, 5.41) is 0. The van der Waals surface area contributed by atoms with Crippen LogP contribution in [-0.2, 0) is 0 Å². The standard InChI is InChI=1S/C14H15NS/c1-12-7-6-10-14(11-12)15(16-2)13-8-4-3-5-9-13/h3-11H,1-2H3. The van der Waals surface area contributed by atoms with Gasteiger partial charge >= 0.3 is 0 Å². The van der Waals surface area contributed by atoms with Crippen LogP contribution < -0.4 is 4.31 Å². The number of para-hydroxylation sites is 1. The van der Waals surface area contributed by atoms with Gasteiger partial charge in [0.15, 0.2) is 0 Å². The van der Waals surface area contributed by atoms with Crippen LogP contribution in [0, 0.1) is 6.92 Å². The molecule has 16 heavy (non-hydrogen) atoms. The SMILES string of the molecule is CSN(c1ccccc1)c1cccc(C)c1. The molecule has 2 aromatic carbocycles. The van der Waals surface area contributed by atoms with Crippen molar-refractivity contribution in [1.29, 1.82) is 0 Å². The van der Waals surface area contributed by atoms with Crippen molar-refractivity contribution in [1.82, 2.24) is 0 Å². The average molecular weight is 229 g/mol.